The Labute approximate surface area is 126 Å². The van der Waals surface area contributed by atoms with Crippen molar-refractivity contribution in [3.63, 3.8) is 0 Å². The predicted octanol–water partition coefficient (Wildman–Crippen LogP) is 1.85. The van der Waals surface area contributed by atoms with Crippen LogP contribution in [0.15, 0.2) is 30.3 Å². The van der Waals surface area contributed by atoms with Crippen LogP contribution in [0.1, 0.15) is 25.8 Å². The summed E-state index contributed by atoms with van der Waals surface area (Å²) in [5.74, 6) is 0.998. The normalized spacial score (nSPS) is 21.9. The first kappa shape index (κ1) is 15.5. The third-order valence-electron chi connectivity index (χ3n) is 3.87. The number of carbonyl (C=O) groups excluding carboxylic acids is 2. The second kappa shape index (κ2) is 7.25. The molecule has 21 heavy (non-hydrogen) atoms. The summed E-state index contributed by atoms with van der Waals surface area (Å²) in [5.41, 5.74) is 0.961. The maximum atomic E-state index is 12.2. The van der Waals surface area contributed by atoms with Crippen molar-refractivity contribution in [3.05, 3.63) is 35.9 Å². The second-order valence-corrected chi connectivity index (χ2v) is 6.18. The van der Waals surface area contributed by atoms with Crippen LogP contribution in [-0.4, -0.2) is 36.3 Å². The zero-order valence-corrected chi connectivity index (χ0v) is 12.8. The summed E-state index contributed by atoms with van der Waals surface area (Å²) in [5, 5.41) is 2.73. The van der Waals surface area contributed by atoms with E-state index in [1.165, 1.54) is 6.42 Å². The van der Waals surface area contributed by atoms with Crippen LogP contribution >= 0.6 is 0 Å². The summed E-state index contributed by atoms with van der Waals surface area (Å²) in [6.07, 6.45) is 1.49. The number of carbonyl (C=O) groups is 2. The van der Waals surface area contributed by atoms with Crippen molar-refractivity contribution in [1.29, 1.82) is 0 Å². The maximum absolute atomic E-state index is 12.2. The van der Waals surface area contributed by atoms with Crippen molar-refractivity contribution in [2.75, 3.05) is 19.6 Å². The highest BCUT2D eigenvalue weighted by molar-refractivity contribution is 5.85. The molecule has 4 nitrogen and oxygen atoms in total. The number of amides is 2. The van der Waals surface area contributed by atoms with E-state index in [2.05, 4.69) is 19.2 Å². The molecule has 0 aromatic heterocycles. The SMILES string of the molecule is C[C@H]1C[C@H](C)CN(C(=O)CNC(=O)Cc2ccccc2)C1. The summed E-state index contributed by atoms with van der Waals surface area (Å²) in [6, 6.07) is 9.56. The fraction of sp³-hybridized carbons (Fsp3) is 0.529. The van der Waals surface area contributed by atoms with Gasteiger partial charge < -0.3 is 10.2 Å². The Hall–Kier alpha value is -1.84. The van der Waals surface area contributed by atoms with Gasteiger partial charge in [0.2, 0.25) is 11.8 Å². The van der Waals surface area contributed by atoms with E-state index in [9.17, 15) is 9.59 Å². The largest absolute Gasteiger partial charge is 0.347 e. The van der Waals surface area contributed by atoms with E-state index in [0.29, 0.717) is 18.3 Å². The molecule has 0 unspecified atom stereocenters. The Balaban J connectivity index is 1.77. The van der Waals surface area contributed by atoms with E-state index in [4.69, 9.17) is 0 Å². The highest BCUT2D eigenvalue weighted by atomic mass is 16.2. The molecule has 2 amide bonds. The van der Waals surface area contributed by atoms with Gasteiger partial charge in [-0.2, -0.15) is 0 Å². The smallest absolute Gasteiger partial charge is 0.241 e. The van der Waals surface area contributed by atoms with Crippen LogP contribution in [0.4, 0.5) is 0 Å². The average molecular weight is 288 g/mol. The minimum atomic E-state index is -0.104. The molecule has 0 radical (unpaired) electrons. The fourth-order valence-corrected chi connectivity index (χ4v) is 3.00. The Kier molecular flexibility index (Phi) is 5.37. The number of hydrogen-bond acceptors (Lipinski definition) is 2. The van der Waals surface area contributed by atoms with Crippen molar-refractivity contribution >= 4 is 11.8 Å². The Morgan fingerprint density at radius 1 is 1.14 bits per heavy atom. The van der Waals surface area contributed by atoms with E-state index in [1.807, 2.05) is 35.2 Å². The van der Waals surface area contributed by atoms with Crippen LogP contribution in [0.5, 0.6) is 0 Å². The monoisotopic (exact) mass is 288 g/mol. The van der Waals surface area contributed by atoms with Gasteiger partial charge in [0.05, 0.1) is 13.0 Å². The zero-order valence-electron chi connectivity index (χ0n) is 12.8. The summed E-state index contributed by atoms with van der Waals surface area (Å²) < 4.78 is 0. The minimum absolute atomic E-state index is 0.0230. The third-order valence-corrected chi connectivity index (χ3v) is 3.87. The topological polar surface area (TPSA) is 49.4 Å². The van der Waals surface area contributed by atoms with Crippen molar-refractivity contribution in [1.82, 2.24) is 10.2 Å². The highest BCUT2D eigenvalue weighted by Crippen LogP contribution is 2.20. The maximum Gasteiger partial charge on any atom is 0.241 e. The number of nitrogens with one attached hydrogen (secondary N) is 1. The summed E-state index contributed by atoms with van der Waals surface area (Å²) in [6.45, 7) is 6.05. The minimum Gasteiger partial charge on any atom is -0.347 e. The lowest BCUT2D eigenvalue weighted by Gasteiger charge is -2.35. The van der Waals surface area contributed by atoms with Crippen LogP contribution in [-0.2, 0) is 16.0 Å². The van der Waals surface area contributed by atoms with Gasteiger partial charge >= 0.3 is 0 Å². The van der Waals surface area contributed by atoms with Gasteiger partial charge in [-0.15, -0.1) is 0 Å². The number of rotatable bonds is 4. The molecule has 1 saturated heterocycles. The molecular formula is C17H24N2O2. The van der Waals surface area contributed by atoms with Crippen molar-refractivity contribution in [3.8, 4) is 0 Å². The molecule has 1 aromatic rings. The standard InChI is InChI=1S/C17H24N2O2/c1-13-8-14(2)12-19(11-13)17(21)10-18-16(20)9-15-6-4-3-5-7-15/h3-7,13-14H,8-12H2,1-2H3,(H,18,20)/t13-,14-/m0/s1. The molecular weight excluding hydrogens is 264 g/mol. The molecule has 114 valence electrons. The number of likely N-dealkylation sites (tertiary alicyclic amines) is 1. The van der Waals surface area contributed by atoms with Gasteiger partial charge in [-0.3, -0.25) is 9.59 Å². The van der Waals surface area contributed by atoms with Crippen LogP contribution in [0, 0.1) is 11.8 Å². The van der Waals surface area contributed by atoms with Crippen LogP contribution in [0.3, 0.4) is 0 Å². The molecule has 1 fully saturated rings. The predicted molar refractivity (Wildman–Crippen MR) is 82.7 cm³/mol. The first-order valence-electron chi connectivity index (χ1n) is 7.63. The number of hydrogen-bond donors (Lipinski definition) is 1. The summed E-state index contributed by atoms with van der Waals surface area (Å²) >= 11 is 0. The molecule has 2 atom stereocenters. The first-order valence-corrected chi connectivity index (χ1v) is 7.63. The molecule has 1 aromatic carbocycles. The second-order valence-electron chi connectivity index (χ2n) is 6.18. The Morgan fingerprint density at radius 3 is 2.38 bits per heavy atom. The van der Waals surface area contributed by atoms with Gasteiger partial charge in [-0.05, 0) is 23.8 Å². The van der Waals surface area contributed by atoms with Crippen molar-refractivity contribution in [2.45, 2.75) is 26.7 Å². The third kappa shape index (κ3) is 4.88. The van der Waals surface area contributed by atoms with E-state index in [0.717, 1.165) is 18.7 Å². The summed E-state index contributed by atoms with van der Waals surface area (Å²) in [4.78, 5) is 25.9. The van der Waals surface area contributed by atoms with Gasteiger partial charge in [0.1, 0.15) is 0 Å². The molecule has 0 saturated carbocycles. The number of nitrogens with zero attached hydrogens (tertiary/aromatic N) is 1. The summed E-state index contributed by atoms with van der Waals surface area (Å²) in [7, 11) is 0. The lowest BCUT2D eigenvalue weighted by molar-refractivity contribution is -0.135. The number of piperidine rings is 1. The van der Waals surface area contributed by atoms with Gasteiger partial charge in [0.25, 0.3) is 0 Å². The van der Waals surface area contributed by atoms with Crippen LogP contribution in [0.25, 0.3) is 0 Å². The van der Waals surface area contributed by atoms with E-state index in [-0.39, 0.29) is 18.4 Å². The molecule has 0 bridgehead atoms. The Bertz CT molecular complexity index is 477. The Morgan fingerprint density at radius 2 is 1.76 bits per heavy atom. The van der Waals surface area contributed by atoms with E-state index >= 15 is 0 Å². The quantitative estimate of drug-likeness (QED) is 0.919. The van der Waals surface area contributed by atoms with Gasteiger partial charge in [-0.25, -0.2) is 0 Å². The average Bonchev–Trinajstić information content (AvgIpc) is 2.45. The van der Waals surface area contributed by atoms with Gasteiger partial charge in [-0.1, -0.05) is 44.2 Å². The lowest BCUT2D eigenvalue weighted by Crippen LogP contribution is -2.47. The molecule has 1 aliphatic rings. The zero-order chi connectivity index (χ0) is 15.2. The molecule has 1 heterocycles. The lowest BCUT2D eigenvalue weighted by atomic mass is 9.92. The van der Waals surface area contributed by atoms with Crippen LogP contribution < -0.4 is 5.32 Å². The highest BCUT2D eigenvalue weighted by Gasteiger charge is 2.25. The van der Waals surface area contributed by atoms with E-state index in [1.54, 1.807) is 0 Å². The van der Waals surface area contributed by atoms with Crippen molar-refractivity contribution < 1.29 is 9.59 Å². The molecule has 0 aliphatic carbocycles. The first-order chi connectivity index (χ1) is 10.0. The molecule has 1 aliphatic heterocycles. The molecule has 2 rings (SSSR count). The molecule has 1 N–H and O–H groups in total. The van der Waals surface area contributed by atoms with Gasteiger partial charge in [0, 0.05) is 13.1 Å². The molecule has 4 heteroatoms. The van der Waals surface area contributed by atoms with Crippen LogP contribution in [0.2, 0.25) is 0 Å². The van der Waals surface area contributed by atoms with Crippen molar-refractivity contribution in [2.24, 2.45) is 11.8 Å². The number of benzene rings is 1. The van der Waals surface area contributed by atoms with Gasteiger partial charge in [0.15, 0.2) is 0 Å². The molecule has 0 spiro atoms. The van der Waals surface area contributed by atoms with E-state index < -0.39 is 0 Å². The fourth-order valence-electron chi connectivity index (χ4n) is 3.00.